The van der Waals surface area contributed by atoms with E-state index in [0.717, 1.165) is 11.1 Å². The van der Waals surface area contributed by atoms with Gasteiger partial charge in [0.05, 0.1) is 11.4 Å². The largest absolute Gasteiger partial charge is 0.334 e. The highest BCUT2D eigenvalue weighted by atomic mass is 19.1. The van der Waals surface area contributed by atoms with E-state index in [9.17, 15) is 18.4 Å². The van der Waals surface area contributed by atoms with Gasteiger partial charge in [0.25, 0.3) is 0 Å². The predicted octanol–water partition coefficient (Wildman–Crippen LogP) is 4.89. The van der Waals surface area contributed by atoms with E-state index in [1.807, 2.05) is 0 Å². The topological polar surface area (TPSA) is 82.3 Å². The maximum absolute atomic E-state index is 13.6. The highest BCUT2D eigenvalue weighted by Gasteiger charge is 2.08. The van der Waals surface area contributed by atoms with E-state index in [2.05, 4.69) is 27.8 Å². The van der Waals surface area contributed by atoms with Crippen LogP contribution in [0.15, 0.2) is 84.9 Å². The second-order valence-corrected chi connectivity index (χ2v) is 6.43. The van der Waals surface area contributed by atoms with Gasteiger partial charge in [-0.15, -0.1) is 0 Å². The lowest BCUT2D eigenvalue weighted by Gasteiger charge is -2.11. The molecule has 0 fully saturated rings. The van der Waals surface area contributed by atoms with Crippen LogP contribution < -0.4 is 21.3 Å². The van der Waals surface area contributed by atoms with Crippen LogP contribution in [0.2, 0.25) is 0 Å². The number of carbonyl (C=O) groups excluding carboxylic acids is 2. The first-order valence-electron chi connectivity index (χ1n) is 9.49. The molecule has 0 radical (unpaired) electrons. The Morgan fingerprint density at radius 1 is 1.00 bits per heavy atom. The van der Waals surface area contributed by atoms with E-state index in [-0.39, 0.29) is 24.5 Å². The first kappa shape index (κ1) is 23.3. The summed E-state index contributed by atoms with van der Waals surface area (Å²) >= 11 is 0. The fourth-order valence-corrected chi connectivity index (χ4v) is 2.50. The number of amides is 4. The molecule has 4 amide bonds. The number of benzene rings is 2. The summed E-state index contributed by atoms with van der Waals surface area (Å²) < 4.78 is 27.0. The molecule has 0 aromatic heterocycles. The van der Waals surface area contributed by atoms with Gasteiger partial charge in [-0.1, -0.05) is 55.1 Å². The van der Waals surface area contributed by atoms with Crippen LogP contribution in [-0.4, -0.2) is 12.1 Å². The fourth-order valence-electron chi connectivity index (χ4n) is 2.50. The van der Waals surface area contributed by atoms with E-state index >= 15 is 0 Å². The molecule has 6 nitrogen and oxygen atoms in total. The third-order valence-corrected chi connectivity index (χ3v) is 4.02. The monoisotopic (exact) mass is 426 g/mol. The molecule has 8 heteroatoms. The Bertz CT molecular complexity index is 1000. The van der Waals surface area contributed by atoms with Crippen molar-refractivity contribution in [3.05, 3.63) is 102 Å². The molecule has 0 aliphatic rings. The first-order valence-corrected chi connectivity index (χ1v) is 9.49. The zero-order valence-corrected chi connectivity index (χ0v) is 17.0. The molecule has 4 N–H and O–H groups in total. The zero-order valence-electron chi connectivity index (χ0n) is 17.0. The quantitative estimate of drug-likeness (QED) is 0.453. The van der Waals surface area contributed by atoms with Crippen molar-refractivity contribution in [3.63, 3.8) is 0 Å². The van der Waals surface area contributed by atoms with Crippen molar-refractivity contribution in [2.24, 2.45) is 0 Å². The number of urea groups is 2. The molecule has 2 aromatic carbocycles. The Kier molecular flexibility index (Phi) is 8.97. The Morgan fingerprint density at radius 3 is 2.26 bits per heavy atom. The third-order valence-electron chi connectivity index (χ3n) is 4.02. The lowest BCUT2D eigenvalue weighted by atomic mass is 10.1. The second kappa shape index (κ2) is 11.9. The molecule has 2 aromatic rings. The predicted molar refractivity (Wildman–Crippen MR) is 117 cm³/mol. The number of halogens is 2. The van der Waals surface area contributed by atoms with Crippen LogP contribution >= 0.6 is 0 Å². The van der Waals surface area contributed by atoms with Gasteiger partial charge in [-0.25, -0.2) is 18.4 Å². The van der Waals surface area contributed by atoms with Crippen molar-refractivity contribution in [2.75, 3.05) is 5.32 Å². The summed E-state index contributed by atoms with van der Waals surface area (Å²) in [4.78, 5) is 24.0. The van der Waals surface area contributed by atoms with E-state index in [0.29, 0.717) is 0 Å². The number of rotatable bonds is 8. The van der Waals surface area contributed by atoms with Gasteiger partial charge in [-0.3, -0.25) is 0 Å². The van der Waals surface area contributed by atoms with Gasteiger partial charge >= 0.3 is 12.1 Å². The van der Waals surface area contributed by atoms with Crippen LogP contribution in [0.3, 0.4) is 0 Å². The number of nitrogens with one attached hydrogen (secondary N) is 4. The standard InChI is InChI=1S/C23H24F2N4O2/c1-3-4-11-20(16(2)24)28-22(30)26-14-17-8-7-9-18(13-17)15-27-23(31)29-21-12-6-5-10-19(21)25/h3-13H,2,14-15H2,1H3,(H2,26,28,30)(H2,27,29,31)/b4-3-,20-11+. The van der Waals surface area contributed by atoms with Crippen LogP contribution in [-0.2, 0) is 13.1 Å². The highest BCUT2D eigenvalue weighted by molar-refractivity contribution is 5.89. The Balaban J connectivity index is 1.86. The number of hydrogen-bond donors (Lipinski definition) is 4. The molecule has 31 heavy (non-hydrogen) atoms. The Morgan fingerprint density at radius 2 is 1.65 bits per heavy atom. The molecule has 2 rings (SSSR count). The summed E-state index contributed by atoms with van der Waals surface area (Å²) in [5, 5.41) is 10.1. The minimum Gasteiger partial charge on any atom is -0.334 e. The number of allylic oxidation sites excluding steroid dienone is 4. The number of carbonyl (C=O) groups is 2. The normalized spacial score (nSPS) is 11.1. The van der Waals surface area contributed by atoms with E-state index in [4.69, 9.17) is 0 Å². The zero-order chi connectivity index (χ0) is 22.6. The van der Waals surface area contributed by atoms with Gasteiger partial charge in [-0.2, -0.15) is 0 Å². The maximum Gasteiger partial charge on any atom is 0.319 e. The smallest absolute Gasteiger partial charge is 0.319 e. The second-order valence-electron chi connectivity index (χ2n) is 6.43. The van der Waals surface area contributed by atoms with E-state index in [1.54, 1.807) is 49.4 Å². The molecule has 0 aliphatic carbocycles. The molecule has 0 spiro atoms. The summed E-state index contributed by atoms with van der Waals surface area (Å²) in [6.07, 6.45) is 4.68. The number of para-hydroxylation sites is 1. The van der Waals surface area contributed by atoms with Gasteiger partial charge in [-0.05, 0) is 36.3 Å². The molecule has 0 aliphatic heterocycles. The summed E-state index contributed by atoms with van der Waals surface area (Å²) in [5.74, 6) is -1.28. The van der Waals surface area contributed by atoms with Gasteiger partial charge in [0.15, 0.2) is 0 Å². The van der Waals surface area contributed by atoms with Crippen molar-refractivity contribution in [3.8, 4) is 0 Å². The van der Waals surface area contributed by atoms with Crippen LogP contribution in [0.25, 0.3) is 0 Å². The molecular weight excluding hydrogens is 402 g/mol. The molecule has 0 saturated carbocycles. The van der Waals surface area contributed by atoms with Crippen molar-refractivity contribution >= 4 is 17.7 Å². The molecular formula is C23H24F2N4O2. The highest BCUT2D eigenvalue weighted by Crippen LogP contribution is 2.12. The van der Waals surface area contributed by atoms with Gasteiger partial charge in [0, 0.05) is 13.1 Å². The first-order chi connectivity index (χ1) is 14.9. The Hall–Kier alpha value is -3.94. The van der Waals surface area contributed by atoms with E-state index in [1.165, 1.54) is 24.3 Å². The van der Waals surface area contributed by atoms with E-state index < -0.39 is 23.7 Å². The van der Waals surface area contributed by atoms with Crippen molar-refractivity contribution in [2.45, 2.75) is 20.0 Å². The van der Waals surface area contributed by atoms with Crippen molar-refractivity contribution < 1.29 is 18.4 Å². The van der Waals surface area contributed by atoms with Crippen LogP contribution in [0.4, 0.5) is 24.1 Å². The van der Waals surface area contributed by atoms with Crippen LogP contribution in [0, 0.1) is 5.82 Å². The lowest BCUT2D eigenvalue weighted by molar-refractivity contribution is 0.242. The van der Waals surface area contributed by atoms with Gasteiger partial charge in [0.2, 0.25) is 0 Å². The minimum absolute atomic E-state index is 0.0329. The molecule has 0 bridgehead atoms. The van der Waals surface area contributed by atoms with Crippen LogP contribution in [0.5, 0.6) is 0 Å². The SMILES string of the molecule is C=C(F)/C(=C\C=C/C)NC(=O)NCc1cccc(CNC(=O)Nc2ccccc2F)c1. The third kappa shape index (κ3) is 8.14. The average molecular weight is 426 g/mol. The molecule has 0 heterocycles. The lowest BCUT2D eigenvalue weighted by Crippen LogP contribution is -2.34. The molecule has 0 saturated heterocycles. The number of anilines is 1. The molecule has 162 valence electrons. The van der Waals surface area contributed by atoms with Crippen molar-refractivity contribution in [1.29, 1.82) is 0 Å². The van der Waals surface area contributed by atoms with Gasteiger partial charge in [0.1, 0.15) is 11.6 Å². The summed E-state index contributed by atoms with van der Waals surface area (Å²) in [6.45, 7) is 5.35. The summed E-state index contributed by atoms with van der Waals surface area (Å²) in [5.41, 5.74) is 1.62. The summed E-state index contributed by atoms with van der Waals surface area (Å²) in [7, 11) is 0. The average Bonchev–Trinajstić information content (AvgIpc) is 2.75. The molecule has 0 atom stereocenters. The molecule has 0 unspecified atom stereocenters. The summed E-state index contributed by atoms with van der Waals surface area (Å²) in [6, 6.07) is 11.9. The fraction of sp³-hybridized carbons (Fsp3) is 0.130. The Labute approximate surface area is 179 Å². The van der Waals surface area contributed by atoms with Crippen molar-refractivity contribution in [1.82, 2.24) is 16.0 Å². The minimum atomic E-state index is -0.755. The van der Waals surface area contributed by atoms with Gasteiger partial charge < -0.3 is 21.3 Å². The number of hydrogen-bond acceptors (Lipinski definition) is 2. The van der Waals surface area contributed by atoms with Crippen LogP contribution in [0.1, 0.15) is 18.1 Å². The maximum atomic E-state index is 13.6.